The van der Waals surface area contributed by atoms with E-state index in [9.17, 15) is 14.3 Å². The van der Waals surface area contributed by atoms with E-state index in [2.05, 4.69) is 111 Å². The van der Waals surface area contributed by atoms with Crippen molar-refractivity contribution in [2.45, 2.75) is 187 Å². The van der Waals surface area contributed by atoms with Crippen molar-refractivity contribution in [3.8, 4) is 0 Å². The molecule has 0 fully saturated rings. The smallest absolute Gasteiger partial charge is 0.306 e. The Kier molecular flexibility index (Phi) is 44.1. The highest BCUT2D eigenvalue weighted by molar-refractivity contribution is 7.45. The zero-order chi connectivity index (χ0) is 46.2. The zero-order valence-electron chi connectivity index (χ0n) is 41.0. The fourth-order valence-electron chi connectivity index (χ4n) is 6.29. The van der Waals surface area contributed by atoms with Gasteiger partial charge in [-0.1, -0.05) is 182 Å². The predicted octanol–water partition coefficient (Wildman–Crippen LogP) is 14.8. The molecule has 63 heavy (non-hydrogen) atoms. The number of carbonyl (C=O) groups excluding carboxylic acids is 1. The van der Waals surface area contributed by atoms with E-state index in [1.165, 1.54) is 89.9 Å². The number of unbranched alkanes of at least 4 members (excludes halogenated alkanes) is 15. The average Bonchev–Trinajstić information content (AvgIpc) is 3.24. The van der Waals surface area contributed by atoms with Crippen LogP contribution in [0, 0.1) is 0 Å². The van der Waals surface area contributed by atoms with E-state index in [0.717, 1.165) is 64.2 Å². The molecule has 0 rings (SSSR count). The van der Waals surface area contributed by atoms with Crippen LogP contribution in [0.25, 0.3) is 0 Å². The molecule has 0 amide bonds. The summed E-state index contributed by atoms with van der Waals surface area (Å²) in [5, 5.41) is 0. The maximum absolute atomic E-state index is 12.7. The van der Waals surface area contributed by atoms with Crippen LogP contribution in [0.1, 0.15) is 181 Å². The number of ether oxygens (including phenoxy) is 2. The molecule has 2 atom stereocenters. The number of esters is 1. The Balaban J connectivity index is 4.31. The van der Waals surface area contributed by atoms with Crippen LogP contribution in [-0.4, -0.2) is 70.7 Å². The minimum absolute atomic E-state index is 0.00947. The third kappa shape index (κ3) is 50.3. The first kappa shape index (κ1) is 60.4. The fraction of sp³-hybridized carbons (Fsp3) is 0.685. The van der Waals surface area contributed by atoms with Crippen LogP contribution in [0.5, 0.6) is 0 Å². The molecule has 0 aliphatic rings. The van der Waals surface area contributed by atoms with Crippen molar-refractivity contribution in [1.29, 1.82) is 0 Å². The average molecular weight is 900 g/mol. The number of hydrogen-bond donors (Lipinski definition) is 0. The second-order valence-electron chi connectivity index (χ2n) is 17.4. The van der Waals surface area contributed by atoms with Crippen molar-refractivity contribution in [3.63, 3.8) is 0 Å². The lowest BCUT2D eigenvalue weighted by atomic mass is 10.1. The van der Waals surface area contributed by atoms with Gasteiger partial charge in [-0.05, 0) is 89.9 Å². The molecule has 8 nitrogen and oxygen atoms in total. The summed E-state index contributed by atoms with van der Waals surface area (Å²) in [5.74, 6) is -0.395. The lowest BCUT2D eigenvalue weighted by molar-refractivity contribution is -0.870. The molecule has 0 bridgehead atoms. The molecule has 9 heteroatoms. The highest BCUT2D eigenvalue weighted by Crippen LogP contribution is 2.38. The molecule has 0 aliphatic heterocycles. The summed E-state index contributed by atoms with van der Waals surface area (Å²) in [5.41, 5.74) is 0. The van der Waals surface area contributed by atoms with E-state index in [4.69, 9.17) is 18.5 Å². The first-order chi connectivity index (χ1) is 30.6. The van der Waals surface area contributed by atoms with Crippen LogP contribution in [0.4, 0.5) is 0 Å². The SMILES string of the molecule is CC/C=C\C/C=C\C/C=C\C/C=C\C/C=C\C/C=C\C/C=C\CCCC(=O)OC(COCCCCCCCCCC/C=C\CCCCCCCC)COP(=O)([O-])OCC[N+](C)(C)C. The van der Waals surface area contributed by atoms with Crippen molar-refractivity contribution in [3.05, 3.63) is 97.2 Å². The molecule has 0 spiro atoms. The van der Waals surface area contributed by atoms with Crippen molar-refractivity contribution >= 4 is 13.8 Å². The maximum Gasteiger partial charge on any atom is 0.306 e. The number of phosphoric acid groups is 1. The van der Waals surface area contributed by atoms with Gasteiger partial charge in [-0.2, -0.15) is 0 Å². The first-order valence-corrected chi connectivity index (χ1v) is 26.4. The number of quaternary nitrogens is 1. The lowest BCUT2D eigenvalue weighted by Gasteiger charge is -2.28. The summed E-state index contributed by atoms with van der Waals surface area (Å²) < 4.78 is 34.6. The van der Waals surface area contributed by atoms with E-state index >= 15 is 0 Å². The maximum atomic E-state index is 12.7. The van der Waals surface area contributed by atoms with E-state index in [0.29, 0.717) is 24.1 Å². The van der Waals surface area contributed by atoms with Gasteiger partial charge < -0.3 is 27.9 Å². The monoisotopic (exact) mass is 900 g/mol. The van der Waals surface area contributed by atoms with Crippen LogP contribution < -0.4 is 4.89 Å². The molecule has 0 aliphatic carbocycles. The second-order valence-corrected chi connectivity index (χ2v) is 18.8. The lowest BCUT2D eigenvalue weighted by Crippen LogP contribution is -2.37. The van der Waals surface area contributed by atoms with Gasteiger partial charge in [0.1, 0.15) is 19.3 Å². The third-order valence-corrected chi connectivity index (χ3v) is 11.1. The molecule has 0 saturated heterocycles. The number of rotatable bonds is 45. The molecular weight excluding hydrogens is 806 g/mol. The molecule has 0 aromatic heterocycles. The number of likely N-dealkylation sites (N-methyl/N-ethyl adjacent to an activating group) is 1. The Morgan fingerprint density at radius 1 is 0.508 bits per heavy atom. The summed E-state index contributed by atoms with van der Waals surface area (Å²) in [6.45, 7) is 5.19. The molecule has 0 heterocycles. The van der Waals surface area contributed by atoms with Gasteiger partial charge in [-0.25, -0.2) is 0 Å². The third-order valence-electron chi connectivity index (χ3n) is 10.1. The summed E-state index contributed by atoms with van der Waals surface area (Å²) in [6, 6.07) is 0. The Hall–Kier alpha value is -2.58. The summed E-state index contributed by atoms with van der Waals surface area (Å²) in [7, 11) is 1.30. The Morgan fingerprint density at radius 3 is 1.40 bits per heavy atom. The zero-order valence-corrected chi connectivity index (χ0v) is 41.9. The van der Waals surface area contributed by atoms with Gasteiger partial charge in [0.25, 0.3) is 7.82 Å². The van der Waals surface area contributed by atoms with Crippen molar-refractivity contribution < 1.29 is 37.3 Å². The summed E-state index contributed by atoms with van der Waals surface area (Å²) in [6.07, 6.45) is 62.9. The minimum Gasteiger partial charge on any atom is -0.756 e. The Labute approximate surface area is 387 Å². The number of hydrogen-bond acceptors (Lipinski definition) is 7. The highest BCUT2D eigenvalue weighted by atomic mass is 31.2. The molecule has 0 saturated carbocycles. The number of allylic oxidation sites excluding steroid dienone is 16. The molecule has 0 N–H and O–H groups in total. The summed E-state index contributed by atoms with van der Waals surface area (Å²) >= 11 is 0. The van der Waals surface area contributed by atoms with Crippen LogP contribution in [0.3, 0.4) is 0 Å². The molecule has 0 aromatic carbocycles. The van der Waals surface area contributed by atoms with E-state index in [-0.39, 0.29) is 26.2 Å². The number of phosphoric ester groups is 1. The summed E-state index contributed by atoms with van der Waals surface area (Å²) in [4.78, 5) is 25.1. The van der Waals surface area contributed by atoms with Crippen molar-refractivity contribution in [2.24, 2.45) is 0 Å². The van der Waals surface area contributed by atoms with Crippen molar-refractivity contribution in [2.75, 3.05) is 54.1 Å². The van der Waals surface area contributed by atoms with Gasteiger partial charge in [0.05, 0.1) is 34.4 Å². The van der Waals surface area contributed by atoms with Crippen LogP contribution in [0.15, 0.2) is 97.2 Å². The molecule has 362 valence electrons. The van der Waals surface area contributed by atoms with Gasteiger partial charge in [0.15, 0.2) is 0 Å². The van der Waals surface area contributed by atoms with Crippen LogP contribution in [-0.2, 0) is 27.9 Å². The largest absolute Gasteiger partial charge is 0.756 e. The van der Waals surface area contributed by atoms with Gasteiger partial charge >= 0.3 is 5.97 Å². The standard InChI is InChI=1S/C54H94NO7P/c1-6-8-10-12-14-16-18-20-22-24-26-27-28-29-30-31-33-35-37-39-41-43-45-47-54(56)62-53(52-61-63(57,58)60-50-48-55(3,4)5)51-59-49-46-44-42-40-38-36-34-32-25-23-21-19-17-15-13-11-9-7-2/h8,10,14,16,20-23,26-27,29-30,33,35,39,41,53H,6-7,9,11-13,15,17-19,24-25,28,31-32,34,36-38,40,42-52H2,1-5H3/b10-8-,16-14-,22-20-,23-21-,27-26-,30-29-,35-33-,41-39-. The molecule has 0 radical (unpaired) electrons. The van der Waals surface area contributed by atoms with Gasteiger partial charge in [-0.15, -0.1) is 0 Å². The minimum atomic E-state index is -4.55. The predicted molar refractivity (Wildman–Crippen MR) is 268 cm³/mol. The normalized spacial score (nSPS) is 14.4. The first-order valence-electron chi connectivity index (χ1n) is 25.0. The molecular formula is C54H94NO7P. The van der Waals surface area contributed by atoms with Crippen LogP contribution in [0.2, 0.25) is 0 Å². The Bertz CT molecular complexity index is 1320. The van der Waals surface area contributed by atoms with E-state index < -0.39 is 19.9 Å². The quantitative estimate of drug-likeness (QED) is 0.0197. The number of carbonyl (C=O) groups is 1. The molecule has 2 unspecified atom stereocenters. The highest BCUT2D eigenvalue weighted by Gasteiger charge is 2.20. The Morgan fingerprint density at radius 2 is 0.921 bits per heavy atom. The fourth-order valence-corrected chi connectivity index (χ4v) is 7.02. The van der Waals surface area contributed by atoms with Crippen LogP contribution >= 0.6 is 7.82 Å². The van der Waals surface area contributed by atoms with E-state index in [1.54, 1.807) is 0 Å². The van der Waals surface area contributed by atoms with Gasteiger partial charge in [-0.3, -0.25) is 9.36 Å². The number of nitrogens with zero attached hydrogens (tertiary/aromatic N) is 1. The van der Waals surface area contributed by atoms with Gasteiger partial charge in [0, 0.05) is 13.0 Å². The van der Waals surface area contributed by atoms with Gasteiger partial charge in [0.2, 0.25) is 0 Å². The topological polar surface area (TPSA) is 94.1 Å². The molecule has 0 aromatic rings. The van der Waals surface area contributed by atoms with E-state index in [1.807, 2.05) is 21.1 Å². The van der Waals surface area contributed by atoms with Crippen molar-refractivity contribution in [1.82, 2.24) is 0 Å². The second kappa shape index (κ2) is 46.0.